The van der Waals surface area contributed by atoms with Crippen LogP contribution in [0.3, 0.4) is 0 Å². The zero-order valence-corrected chi connectivity index (χ0v) is 13.1. The summed E-state index contributed by atoms with van der Waals surface area (Å²) in [5.41, 5.74) is 0. The smallest absolute Gasteiger partial charge is 0.309 e. The van der Waals surface area contributed by atoms with Crippen LogP contribution in [-0.2, 0) is 19.1 Å². The van der Waals surface area contributed by atoms with Gasteiger partial charge >= 0.3 is 5.97 Å². The van der Waals surface area contributed by atoms with Gasteiger partial charge in [0.25, 0.3) is 0 Å². The minimum atomic E-state index is -0.751. The predicted molar refractivity (Wildman–Crippen MR) is 78.3 cm³/mol. The van der Waals surface area contributed by atoms with Gasteiger partial charge in [0.2, 0.25) is 5.91 Å². The number of hydrogen-bond donors (Lipinski definition) is 1. The molecule has 0 aromatic rings. The van der Waals surface area contributed by atoms with Crippen molar-refractivity contribution in [2.45, 2.75) is 44.8 Å². The number of piperidine rings is 1. The second-order valence-electron chi connectivity index (χ2n) is 6.57. The Morgan fingerprint density at radius 1 is 1.23 bits per heavy atom. The van der Waals surface area contributed by atoms with Gasteiger partial charge in [-0.2, -0.15) is 0 Å². The van der Waals surface area contributed by atoms with Gasteiger partial charge in [-0.3, -0.25) is 9.59 Å². The number of aliphatic carboxylic acids is 1. The molecule has 3 rings (SSSR count). The van der Waals surface area contributed by atoms with E-state index < -0.39 is 5.97 Å². The molecule has 6 nitrogen and oxygen atoms in total. The molecule has 2 heterocycles. The number of amides is 1. The molecule has 3 fully saturated rings. The number of carbonyl (C=O) groups is 2. The minimum Gasteiger partial charge on any atom is -0.481 e. The Bertz CT molecular complexity index is 432. The molecule has 2 aliphatic heterocycles. The van der Waals surface area contributed by atoms with Crippen LogP contribution < -0.4 is 0 Å². The Balaban J connectivity index is 1.48. The molecule has 0 unspecified atom stereocenters. The number of carbonyl (C=O) groups excluding carboxylic acids is 1. The molecule has 6 heteroatoms. The second kappa shape index (κ2) is 6.54. The first-order valence-corrected chi connectivity index (χ1v) is 8.36. The number of carboxylic acid groups (broad SMARTS) is 1. The highest BCUT2D eigenvalue weighted by atomic mass is 16.5. The lowest BCUT2D eigenvalue weighted by Crippen LogP contribution is -2.44. The molecule has 0 bridgehead atoms. The van der Waals surface area contributed by atoms with Crippen LogP contribution in [0.15, 0.2) is 0 Å². The molecule has 1 N–H and O–H groups in total. The van der Waals surface area contributed by atoms with Crippen molar-refractivity contribution in [1.82, 2.24) is 4.90 Å². The van der Waals surface area contributed by atoms with E-state index in [-0.39, 0.29) is 35.9 Å². The van der Waals surface area contributed by atoms with Crippen LogP contribution in [0.2, 0.25) is 0 Å². The Morgan fingerprint density at radius 3 is 2.59 bits per heavy atom. The number of hydrogen-bond acceptors (Lipinski definition) is 4. The van der Waals surface area contributed by atoms with E-state index >= 15 is 0 Å². The number of rotatable bonds is 5. The molecule has 0 aromatic heterocycles. The fourth-order valence-corrected chi connectivity index (χ4v) is 3.85. The van der Waals surface area contributed by atoms with Crippen molar-refractivity contribution >= 4 is 11.9 Å². The van der Waals surface area contributed by atoms with Crippen LogP contribution in [0.1, 0.15) is 32.6 Å². The predicted octanol–water partition coefficient (Wildman–Crippen LogP) is 1.14. The van der Waals surface area contributed by atoms with Crippen molar-refractivity contribution in [3.8, 4) is 0 Å². The molecule has 0 aromatic carbocycles. The van der Waals surface area contributed by atoms with Gasteiger partial charge in [-0.25, -0.2) is 0 Å². The van der Waals surface area contributed by atoms with Crippen LogP contribution in [0.4, 0.5) is 0 Å². The van der Waals surface area contributed by atoms with Crippen LogP contribution in [0.25, 0.3) is 0 Å². The molecular weight excluding hydrogens is 286 g/mol. The molecule has 1 aliphatic carbocycles. The van der Waals surface area contributed by atoms with Gasteiger partial charge in [-0.05, 0) is 38.5 Å². The summed E-state index contributed by atoms with van der Waals surface area (Å²) in [6.45, 7) is 4.58. The zero-order valence-electron chi connectivity index (χ0n) is 13.1. The van der Waals surface area contributed by atoms with Gasteiger partial charge in [0.05, 0.1) is 24.0 Å². The van der Waals surface area contributed by atoms with E-state index in [1.54, 1.807) is 0 Å². The molecule has 0 spiro atoms. The summed E-state index contributed by atoms with van der Waals surface area (Å²) >= 11 is 0. The Kier molecular flexibility index (Phi) is 4.68. The Labute approximate surface area is 130 Å². The number of likely N-dealkylation sites (tertiary alicyclic amines) is 1. The van der Waals surface area contributed by atoms with E-state index in [1.165, 1.54) is 0 Å². The summed E-state index contributed by atoms with van der Waals surface area (Å²) in [7, 11) is 0. The van der Waals surface area contributed by atoms with Crippen LogP contribution in [0.5, 0.6) is 0 Å². The van der Waals surface area contributed by atoms with E-state index in [1.807, 2.05) is 11.8 Å². The van der Waals surface area contributed by atoms with E-state index in [2.05, 4.69) is 0 Å². The Hall–Kier alpha value is -1.14. The molecule has 1 amide bonds. The van der Waals surface area contributed by atoms with Crippen molar-refractivity contribution < 1.29 is 24.2 Å². The first kappa shape index (κ1) is 15.7. The third-order valence-corrected chi connectivity index (χ3v) is 5.20. The Morgan fingerprint density at radius 2 is 1.95 bits per heavy atom. The SMILES string of the molecule is CCO[C@@H]1C[C@@H]1C(=O)N1CCC([C@@H]2OCC[C@H]2C(=O)O)CC1. The van der Waals surface area contributed by atoms with Crippen molar-refractivity contribution in [2.24, 2.45) is 17.8 Å². The third kappa shape index (κ3) is 3.13. The first-order chi connectivity index (χ1) is 10.6. The summed E-state index contributed by atoms with van der Waals surface area (Å²) < 4.78 is 11.2. The topological polar surface area (TPSA) is 76.1 Å². The first-order valence-electron chi connectivity index (χ1n) is 8.36. The molecule has 4 atom stereocenters. The van der Waals surface area contributed by atoms with Crippen LogP contribution in [-0.4, -0.2) is 60.4 Å². The van der Waals surface area contributed by atoms with E-state index in [0.717, 1.165) is 19.3 Å². The van der Waals surface area contributed by atoms with Crippen molar-refractivity contribution in [3.05, 3.63) is 0 Å². The van der Waals surface area contributed by atoms with Crippen LogP contribution >= 0.6 is 0 Å². The highest BCUT2D eigenvalue weighted by molar-refractivity contribution is 5.82. The lowest BCUT2D eigenvalue weighted by molar-refractivity contribution is -0.146. The molecule has 124 valence electrons. The average Bonchev–Trinajstić information content (AvgIpc) is 3.10. The summed E-state index contributed by atoms with van der Waals surface area (Å²) in [5.74, 6) is -0.615. The highest BCUT2D eigenvalue weighted by Gasteiger charge is 2.47. The maximum absolute atomic E-state index is 12.4. The summed E-state index contributed by atoms with van der Waals surface area (Å²) in [6.07, 6.45) is 3.08. The molecule has 2 saturated heterocycles. The van der Waals surface area contributed by atoms with E-state index in [0.29, 0.717) is 32.7 Å². The van der Waals surface area contributed by atoms with Gasteiger partial charge in [0.1, 0.15) is 0 Å². The minimum absolute atomic E-state index is 0.0472. The van der Waals surface area contributed by atoms with Gasteiger partial charge in [-0.15, -0.1) is 0 Å². The van der Waals surface area contributed by atoms with Gasteiger partial charge < -0.3 is 19.5 Å². The van der Waals surface area contributed by atoms with Gasteiger partial charge in [-0.1, -0.05) is 0 Å². The van der Waals surface area contributed by atoms with Crippen molar-refractivity contribution in [3.63, 3.8) is 0 Å². The fourth-order valence-electron chi connectivity index (χ4n) is 3.85. The van der Waals surface area contributed by atoms with Crippen molar-refractivity contribution in [2.75, 3.05) is 26.3 Å². The summed E-state index contributed by atoms with van der Waals surface area (Å²) in [6, 6.07) is 0. The second-order valence-corrected chi connectivity index (χ2v) is 6.57. The largest absolute Gasteiger partial charge is 0.481 e. The van der Waals surface area contributed by atoms with Crippen LogP contribution in [0, 0.1) is 17.8 Å². The lowest BCUT2D eigenvalue weighted by atomic mass is 9.84. The standard InChI is InChI=1S/C16H25NO5/c1-2-21-13-9-12(13)15(18)17-6-3-10(4-7-17)14-11(16(19)20)5-8-22-14/h10-14H,2-9H2,1H3,(H,19,20)/t11-,12+,13-,14+/m1/s1. The molecule has 1 saturated carbocycles. The number of carboxylic acids is 1. The molecule has 3 aliphatic rings. The number of nitrogens with zero attached hydrogens (tertiary/aromatic N) is 1. The molecule has 22 heavy (non-hydrogen) atoms. The van der Waals surface area contributed by atoms with E-state index in [4.69, 9.17) is 9.47 Å². The number of ether oxygens (including phenoxy) is 2. The van der Waals surface area contributed by atoms with E-state index in [9.17, 15) is 14.7 Å². The summed E-state index contributed by atoms with van der Waals surface area (Å²) in [5, 5.41) is 9.26. The fraction of sp³-hybridized carbons (Fsp3) is 0.875. The monoisotopic (exact) mass is 311 g/mol. The summed E-state index contributed by atoms with van der Waals surface area (Å²) in [4.78, 5) is 25.6. The quantitative estimate of drug-likeness (QED) is 0.824. The van der Waals surface area contributed by atoms with Crippen molar-refractivity contribution in [1.29, 1.82) is 0 Å². The van der Waals surface area contributed by atoms with Gasteiger partial charge in [0, 0.05) is 26.3 Å². The van der Waals surface area contributed by atoms with Gasteiger partial charge in [0.15, 0.2) is 0 Å². The normalized spacial score (nSPS) is 35.6. The lowest BCUT2D eigenvalue weighted by Gasteiger charge is -2.35. The average molecular weight is 311 g/mol. The third-order valence-electron chi connectivity index (χ3n) is 5.20. The molecule has 0 radical (unpaired) electrons. The highest BCUT2D eigenvalue weighted by Crippen LogP contribution is 2.38. The maximum Gasteiger partial charge on any atom is 0.309 e. The molecular formula is C16H25NO5. The maximum atomic E-state index is 12.4. The zero-order chi connectivity index (χ0) is 15.7.